The highest BCUT2D eigenvalue weighted by Crippen LogP contribution is 2.24. The molecule has 4 heteroatoms. The Kier molecular flexibility index (Phi) is 3.22. The zero-order chi connectivity index (χ0) is 11.5. The smallest absolute Gasteiger partial charge is 0.327 e. The van der Waals surface area contributed by atoms with E-state index in [2.05, 4.69) is 0 Å². The minimum atomic E-state index is -0.691. The minimum absolute atomic E-state index is 0.354. The molecule has 3 nitrogen and oxygen atoms in total. The Morgan fingerprint density at radius 3 is 3.06 bits per heavy atom. The van der Waals surface area contributed by atoms with Crippen molar-refractivity contribution in [3.63, 3.8) is 0 Å². The summed E-state index contributed by atoms with van der Waals surface area (Å²) in [5.41, 5.74) is 6.61. The minimum Gasteiger partial charge on any atom is -0.465 e. The number of benzene rings is 1. The molecule has 0 amide bonds. The third-order valence-corrected chi connectivity index (χ3v) is 3.27. The van der Waals surface area contributed by atoms with Crippen LogP contribution in [-0.4, -0.2) is 12.6 Å². The Morgan fingerprint density at radius 2 is 2.31 bits per heavy atom. The highest BCUT2D eigenvalue weighted by atomic mass is 32.1. The summed E-state index contributed by atoms with van der Waals surface area (Å²) in [6.07, 6.45) is 0. The van der Waals surface area contributed by atoms with Crippen LogP contribution in [0.3, 0.4) is 0 Å². The van der Waals surface area contributed by atoms with Gasteiger partial charge in [-0.25, -0.2) is 4.79 Å². The van der Waals surface area contributed by atoms with Gasteiger partial charge in [-0.15, -0.1) is 11.3 Å². The number of hydrogen-bond acceptors (Lipinski definition) is 4. The number of esters is 1. The van der Waals surface area contributed by atoms with E-state index in [1.807, 2.05) is 29.6 Å². The molecule has 0 fully saturated rings. The Labute approximate surface area is 97.8 Å². The first-order valence-electron chi connectivity index (χ1n) is 5.11. The maximum Gasteiger partial charge on any atom is 0.327 e. The molecular weight excluding hydrogens is 222 g/mol. The van der Waals surface area contributed by atoms with Gasteiger partial charge in [0.05, 0.1) is 6.61 Å². The second-order valence-electron chi connectivity index (χ2n) is 3.45. The summed E-state index contributed by atoms with van der Waals surface area (Å²) in [5.74, 6) is -0.378. The van der Waals surface area contributed by atoms with E-state index in [-0.39, 0.29) is 5.97 Å². The van der Waals surface area contributed by atoms with Gasteiger partial charge in [-0.3, -0.25) is 0 Å². The van der Waals surface area contributed by atoms with Crippen molar-refractivity contribution in [2.45, 2.75) is 13.0 Å². The zero-order valence-electron chi connectivity index (χ0n) is 8.97. The summed E-state index contributed by atoms with van der Waals surface area (Å²) >= 11 is 1.67. The van der Waals surface area contributed by atoms with E-state index in [9.17, 15) is 4.79 Å². The van der Waals surface area contributed by atoms with E-state index >= 15 is 0 Å². The molecular formula is C12H13NO2S. The highest BCUT2D eigenvalue weighted by Gasteiger charge is 2.16. The fourth-order valence-electron chi connectivity index (χ4n) is 1.55. The quantitative estimate of drug-likeness (QED) is 0.831. The van der Waals surface area contributed by atoms with Gasteiger partial charge in [0.25, 0.3) is 0 Å². The molecule has 0 aliphatic carbocycles. The molecule has 0 radical (unpaired) electrons. The number of rotatable bonds is 3. The maximum atomic E-state index is 11.5. The topological polar surface area (TPSA) is 52.3 Å². The largest absolute Gasteiger partial charge is 0.465 e. The van der Waals surface area contributed by atoms with Crippen molar-refractivity contribution < 1.29 is 9.53 Å². The third-order valence-electron chi connectivity index (χ3n) is 2.38. The van der Waals surface area contributed by atoms with Crippen LogP contribution in [0.5, 0.6) is 0 Å². The Morgan fingerprint density at radius 1 is 1.50 bits per heavy atom. The lowest BCUT2D eigenvalue weighted by atomic mass is 10.1. The van der Waals surface area contributed by atoms with E-state index in [0.717, 1.165) is 10.9 Å². The van der Waals surface area contributed by atoms with Crippen LogP contribution < -0.4 is 5.73 Å². The third kappa shape index (κ3) is 2.08. The molecule has 16 heavy (non-hydrogen) atoms. The second-order valence-corrected chi connectivity index (χ2v) is 4.40. The second kappa shape index (κ2) is 4.63. The van der Waals surface area contributed by atoms with Gasteiger partial charge in [-0.2, -0.15) is 0 Å². The molecule has 2 N–H and O–H groups in total. The molecule has 0 aliphatic heterocycles. The van der Waals surface area contributed by atoms with Crippen molar-refractivity contribution in [3.8, 4) is 0 Å². The number of nitrogens with two attached hydrogens (primary N) is 1. The maximum absolute atomic E-state index is 11.5. The van der Waals surface area contributed by atoms with Crippen LogP contribution in [0.25, 0.3) is 10.1 Å². The van der Waals surface area contributed by atoms with Crippen LogP contribution in [-0.2, 0) is 9.53 Å². The molecule has 1 aromatic heterocycles. The Bertz CT molecular complexity index is 506. The molecule has 2 aromatic rings. The van der Waals surface area contributed by atoms with Gasteiger partial charge in [-0.1, -0.05) is 6.07 Å². The molecule has 1 heterocycles. The van der Waals surface area contributed by atoms with Crippen molar-refractivity contribution in [3.05, 3.63) is 35.2 Å². The predicted octanol–water partition coefficient (Wildman–Crippen LogP) is 2.46. The Balaban J connectivity index is 2.28. The monoisotopic (exact) mass is 235 g/mol. The number of carbonyl (C=O) groups excluding carboxylic acids is 1. The van der Waals surface area contributed by atoms with Crippen LogP contribution in [0.2, 0.25) is 0 Å². The first-order valence-corrected chi connectivity index (χ1v) is 5.99. The van der Waals surface area contributed by atoms with Crippen molar-refractivity contribution in [1.29, 1.82) is 0 Å². The molecule has 1 aromatic carbocycles. The van der Waals surface area contributed by atoms with Crippen molar-refractivity contribution in [1.82, 2.24) is 0 Å². The number of carbonyl (C=O) groups is 1. The van der Waals surface area contributed by atoms with Crippen LogP contribution in [0.15, 0.2) is 29.6 Å². The molecule has 0 saturated carbocycles. The van der Waals surface area contributed by atoms with Crippen LogP contribution in [0.1, 0.15) is 18.5 Å². The van der Waals surface area contributed by atoms with Crippen LogP contribution >= 0.6 is 11.3 Å². The van der Waals surface area contributed by atoms with Gasteiger partial charge in [0.15, 0.2) is 0 Å². The number of hydrogen-bond donors (Lipinski definition) is 1. The summed E-state index contributed by atoms with van der Waals surface area (Å²) < 4.78 is 6.08. The molecule has 0 aliphatic rings. The fourth-order valence-corrected chi connectivity index (χ4v) is 2.32. The van der Waals surface area contributed by atoms with E-state index < -0.39 is 6.04 Å². The molecule has 2 rings (SSSR count). The number of ether oxygens (including phenoxy) is 1. The fraction of sp³-hybridized carbons (Fsp3) is 0.250. The van der Waals surface area contributed by atoms with E-state index in [4.69, 9.17) is 10.5 Å². The first-order chi connectivity index (χ1) is 7.72. The SMILES string of the molecule is CCOC(=O)C(N)c1ccc2sccc2c1. The summed E-state index contributed by atoms with van der Waals surface area (Å²) in [7, 11) is 0. The summed E-state index contributed by atoms with van der Waals surface area (Å²) in [6.45, 7) is 2.12. The summed E-state index contributed by atoms with van der Waals surface area (Å²) in [4.78, 5) is 11.5. The lowest BCUT2D eigenvalue weighted by molar-refractivity contribution is -0.144. The van der Waals surface area contributed by atoms with E-state index in [1.54, 1.807) is 18.3 Å². The average molecular weight is 235 g/mol. The van der Waals surface area contributed by atoms with Crippen LogP contribution in [0.4, 0.5) is 0 Å². The molecule has 1 unspecified atom stereocenters. The summed E-state index contributed by atoms with van der Waals surface area (Å²) in [5, 5.41) is 3.13. The lowest BCUT2D eigenvalue weighted by Gasteiger charge is -2.10. The first kappa shape index (κ1) is 11.1. The molecule has 0 spiro atoms. The standard InChI is InChI=1S/C12H13NO2S/c1-2-15-12(14)11(13)9-3-4-10-8(7-9)5-6-16-10/h3-7,11H,2,13H2,1H3. The van der Waals surface area contributed by atoms with Crippen molar-refractivity contribution in [2.75, 3.05) is 6.61 Å². The predicted molar refractivity (Wildman–Crippen MR) is 65.4 cm³/mol. The van der Waals surface area contributed by atoms with Crippen molar-refractivity contribution in [2.24, 2.45) is 5.73 Å². The molecule has 0 bridgehead atoms. The normalized spacial score (nSPS) is 12.6. The lowest BCUT2D eigenvalue weighted by Crippen LogP contribution is -2.23. The average Bonchev–Trinajstić information content (AvgIpc) is 2.75. The summed E-state index contributed by atoms with van der Waals surface area (Å²) in [6, 6.07) is 7.12. The molecule has 84 valence electrons. The number of fused-ring (bicyclic) bond motifs is 1. The Hall–Kier alpha value is -1.39. The molecule has 0 saturated heterocycles. The van der Waals surface area contributed by atoms with Gasteiger partial charge in [-0.05, 0) is 41.5 Å². The van der Waals surface area contributed by atoms with Gasteiger partial charge < -0.3 is 10.5 Å². The van der Waals surface area contributed by atoms with E-state index in [1.165, 1.54) is 4.70 Å². The van der Waals surface area contributed by atoms with Crippen LogP contribution in [0, 0.1) is 0 Å². The van der Waals surface area contributed by atoms with Crippen molar-refractivity contribution >= 4 is 27.4 Å². The zero-order valence-corrected chi connectivity index (χ0v) is 9.79. The van der Waals surface area contributed by atoms with E-state index in [0.29, 0.717) is 6.61 Å². The van der Waals surface area contributed by atoms with Gasteiger partial charge in [0.1, 0.15) is 6.04 Å². The van der Waals surface area contributed by atoms with Gasteiger partial charge >= 0.3 is 5.97 Å². The highest BCUT2D eigenvalue weighted by molar-refractivity contribution is 7.17. The number of thiophene rings is 1. The van der Waals surface area contributed by atoms with Gasteiger partial charge in [0.2, 0.25) is 0 Å². The molecule has 1 atom stereocenters. The van der Waals surface area contributed by atoms with Gasteiger partial charge in [0, 0.05) is 4.70 Å².